The van der Waals surface area contributed by atoms with Crippen molar-refractivity contribution in [2.75, 3.05) is 13.2 Å². The van der Waals surface area contributed by atoms with Crippen molar-refractivity contribution in [3.63, 3.8) is 0 Å². The van der Waals surface area contributed by atoms with Crippen LogP contribution in [0.1, 0.15) is 44.6 Å². The van der Waals surface area contributed by atoms with E-state index in [2.05, 4.69) is 6.92 Å². The van der Waals surface area contributed by atoms with Crippen molar-refractivity contribution in [1.82, 2.24) is 0 Å². The van der Waals surface area contributed by atoms with Crippen molar-refractivity contribution in [3.05, 3.63) is 35.9 Å². The molecule has 1 aliphatic rings. The molecule has 0 radical (unpaired) electrons. The molecule has 0 amide bonds. The summed E-state index contributed by atoms with van der Waals surface area (Å²) >= 11 is 0. The fourth-order valence-electron chi connectivity index (χ4n) is 2.56. The van der Waals surface area contributed by atoms with Gasteiger partial charge in [-0.15, -0.1) is 0 Å². The summed E-state index contributed by atoms with van der Waals surface area (Å²) in [4.78, 5) is 0. The van der Waals surface area contributed by atoms with E-state index in [0.29, 0.717) is 6.61 Å². The van der Waals surface area contributed by atoms with Gasteiger partial charge in [0.15, 0.2) is 5.79 Å². The predicted molar refractivity (Wildman–Crippen MR) is 74.8 cm³/mol. The molecule has 0 aromatic heterocycles. The van der Waals surface area contributed by atoms with Crippen LogP contribution in [0.2, 0.25) is 0 Å². The fourth-order valence-corrected chi connectivity index (χ4v) is 2.56. The molecule has 1 N–H and O–H groups in total. The third-order valence-electron chi connectivity index (χ3n) is 3.64. The molecular formula is C16H24O3. The Morgan fingerprint density at radius 1 is 1.21 bits per heavy atom. The van der Waals surface area contributed by atoms with E-state index in [1.807, 2.05) is 30.3 Å². The molecule has 3 heteroatoms. The second-order valence-electron chi connectivity index (χ2n) is 5.16. The maximum absolute atomic E-state index is 9.25. The lowest BCUT2D eigenvalue weighted by Crippen LogP contribution is -2.29. The van der Waals surface area contributed by atoms with Gasteiger partial charge in [0.25, 0.3) is 0 Å². The number of hydrogen-bond donors (Lipinski definition) is 1. The summed E-state index contributed by atoms with van der Waals surface area (Å²) in [5, 5.41) is 9.25. The third-order valence-corrected chi connectivity index (χ3v) is 3.64. The topological polar surface area (TPSA) is 38.7 Å². The Bertz CT molecular complexity index is 366. The van der Waals surface area contributed by atoms with Crippen LogP contribution in [0.5, 0.6) is 0 Å². The summed E-state index contributed by atoms with van der Waals surface area (Å²) < 4.78 is 11.9. The lowest BCUT2D eigenvalue weighted by atomic mass is 9.98. The minimum absolute atomic E-state index is 0.0174. The van der Waals surface area contributed by atoms with Gasteiger partial charge in [-0.25, -0.2) is 0 Å². The van der Waals surface area contributed by atoms with Gasteiger partial charge < -0.3 is 14.6 Å². The highest BCUT2D eigenvalue weighted by atomic mass is 16.7. The van der Waals surface area contributed by atoms with Gasteiger partial charge in [-0.2, -0.15) is 0 Å². The Kier molecular flexibility index (Phi) is 5.37. The second kappa shape index (κ2) is 7.04. The Balaban J connectivity index is 2.06. The summed E-state index contributed by atoms with van der Waals surface area (Å²) in [7, 11) is 0. The van der Waals surface area contributed by atoms with E-state index < -0.39 is 5.79 Å². The molecule has 1 fully saturated rings. The maximum Gasteiger partial charge on any atom is 0.195 e. The molecule has 1 heterocycles. The van der Waals surface area contributed by atoms with E-state index in [-0.39, 0.29) is 12.7 Å². The average molecular weight is 264 g/mol. The molecule has 0 saturated carbocycles. The lowest BCUT2D eigenvalue weighted by Gasteiger charge is -2.28. The number of aliphatic hydroxyl groups excluding tert-OH is 1. The minimum Gasteiger partial charge on any atom is -0.394 e. The fraction of sp³-hybridized carbons (Fsp3) is 0.625. The quantitative estimate of drug-likeness (QED) is 0.768. The average Bonchev–Trinajstić information content (AvgIpc) is 2.90. The zero-order chi connectivity index (χ0) is 13.6. The largest absolute Gasteiger partial charge is 0.394 e. The van der Waals surface area contributed by atoms with E-state index in [4.69, 9.17) is 9.47 Å². The van der Waals surface area contributed by atoms with Gasteiger partial charge in [0.05, 0.1) is 13.2 Å². The van der Waals surface area contributed by atoms with Gasteiger partial charge in [-0.3, -0.25) is 0 Å². The second-order valence-corrected chi connectivity index (χ2v) is 5.16. The Morgan fingerprint density at radius 3 is 2.63 bits per heavy atom. The molecule has 1 aromatic carbocycles. The molecule has 2 atom stereocenters. The van der Waals surface area contributed by atoms with Gasteiger partial charge in [0, 0.05) is 12.0 Å². The number of benzene rings is 1. The SMILES string of the molecule is CCCCCCC1(c2ccccc2)OCC(CO)O1. The zero-order valence-corrected chi connectivity index (χ0v) is 11.7. The van der Waals surface area contributed by atoms with Gasteiger partial charge in [-0.1, -0.05) is 56.5 Å². The van der Waals surface area contributed by atoms with Crippen LogP contribution in [-0.4, -0.2) is 24.4 Å². The van der Waals surface area contributed by atoms with Crippen molar-refractivity contribution in [1.29, 1.82) is 0 Å². The van der Waals surface area contributed by atoms with E-state index in [9.17, 15) is 5.11 Å². The van der Waals surface area contributed by atoms with Crippen LogP contribution in [0.4, 0.5) is 0 Å². The normalized spacial score (nSPS) is 26.7. The highest BCUT2D eigenvalue weighted by Crippen LogP contribution is 2.38. The lowest BCUT2D eigenvalue weighted by molar-refractivity contribution is -0.185. The van der Waals surface area contributed by atoms with Crippen LogP contribution in [0.15, 0.2) is 30.3 Å². The number of hydrogen-bond acceptors (Lipinski definition) is 3. The van der Waals surface area contributed by atoms with Gasteiger partial charge in [-0.05, 0) is 6.42 Å². The van der Waals surface area contributed by atoms with Crippen LogP contribution in [0.25, 0.3) is 0 Å². The van der Waals surface area contributed by atoms with E-state index in [1.54, 1.807) is 0 Å². The Morgan fingerprint density at radius 2 is 2.00 bits per heavy atom. The number of aliphatic hydroxyl groups is 1. The van der Waals surface area contributed by atoms with Crippen LogP contribution in [0.3, 0.4) is 0 Å². The molecule has 106 valence electrons. The van der Waals surface area contributed by atoms with E-state index >= 15 is 0 Å². The molecule has 0 spiro atoms. The van der Waals surface area contributed by atoms with E-state index in [1.165, 1.54) is 19.3 Å². The minimum atomic E-state index is -0.650. The van der Waals surface area contributed by atoms with Gasteiger partial charge in [0.2, 0.25) is 0 Å². The van der Waals surface area contributed by atoms with Gasteiger partial charge >= 0.3 is 0 Å². The van der Waals surface area contributed by atoms with Crippen molar-refractivity contribution in [2.24, 2.45) is 0 Å². The first-order chi connectivity index (χ1) is 9.30. The molecule has 2 unspecified atom stereocenters. The van der Waals surface area contributed by atoms with Crippen molar-refractivity contribution in [3.8, 4) is 0 Å². The predicted octanol–water partition coefficient (Wildman–Crippen LogP) is 3.22. The van der Waals surface area contributed by atoms with Crippen LogP contribution in [-0.2, 0) is 15.3 Å². The first kappa shape index (κ1) is 14.5. The highest BCUT2D eigenvalue weighted by Gasteiger charge is 2.42. The van der Waals surface area contributed by atoms with Gasteiger partial charge in [0.1, 0.15) is 6.10 Å². The summed E-state index contributed by atoms with van der Waals surface area (Å²) in [6.07, 6.45) is 5.40. The molecule has 2 rings (SSSR count). The molecule has 19 heavy (non-hydrogen) atoms. The molecule has 0 bridgehead atoms. The third kappa shape index (κ3) is 3.56. The molecule has 1 aliphatic heterocycles. The Hall–Kier alpha value is -0.900. The van der Waals surface area contributed by atoms with Crippen LogP contribution in [0, 0.1) is 0 Å². The van der Waals surface area contributed by atoms with Crippen molar-refractivity contribution >= 4 is 0 Å². The number of ether oxygens (including phenoxy) is 2. The standard InChI is InChI=1S/C16H24O3/c1-2-3-4-8-11-16(14-9-6-5-7-10-14)18-13-15(12-17)19-16/h5-7,9-10,15,17H,2-4,8,11-13H2,1H3. The summed E-state index contributed by atoms with van der Waals surface area (Å²) in [5.41, 5.74) is 1.06. The van der Waals surface area contributed by atoms with Crippen LogP contribution >= 0.6 is 0 Å². The molecular weight excluding hydrogens is 240 g/mol. The summed E-state index contributed by atoms with van der Waals surface area (Å²) in [6, 6.07) is 10.1. The molecule has 0 aliphatic carbocycles. The number of rotatable bonds is 7. The summed E-state index contributed by atoms with van der Waals surface area (Å²) in [5.74, 6) is -0.650. The van der Waals surface area contributed by atoms with Crippen molar-refractivity contribution in [2.45, 2.75) is 50.9 Å². The van der Waals surface area contributed by atoms with Crippen LogP contribution < -0.4 is 0 Å². The first-order valence-corrected chi connectivity index (χ1v) is 7.29. The first-order valence-electron chi connectivity index (χ1n) is 7.29. The smallest absolute Gasteiger partial charge is 0.195 e. The molecule has 3 nitrogen and oxygen atoms in total. The Labute approximate surface area is 115 Å². The summed E-state index contributed by atoms with van der Waals surface area (Å²) in [6.45, 7) is 2.69. The highest BCUT2D eigenvalue weighted by molar-refractivity contribution is 5.21. The zero-order valence-electron chi connectivity index (χ0n) is 11.7. The molecule has 1 saturated heterocycles. The van der Waals surface area contributed by atoms with Crippen molar-refractivity contribution < 1.29 is 14.6 Å². The monoisotopic (exact) mass is 264 g/mol. The number of unbranched alkanes of at least 4 members (excludes halogenated alkanes) is 3. The maximum atomic E-state index is 9.25. The molecule has 1 aromatic rings. The van der Waals surface area contributed by atoms with E-state index in [0.717, 1.165) is 18.4 Å².